The molecule has 2 aromatic rings. The van der Waals surface area contributed by atoms with Crippen LogP contribution in [0.4, 0.5) is 5.69 Å². The fourth-order valence-corrected chi connectivity index (χ4v) is 3.31. The third-order valence-corrected chi connectivity index (χ3v) is 5.04. The molecule has 0 aliphatic carbocycles. The summed E-state index contributed by atoms with van der Waals surface area (Å²) in [4.78, 5) is 2.24. The summed E-state index contributed by atoms with van der Waals surface area (Å²) >= 11 is 0. The van der Waals surface area contributed by atoms with Crippen molar-refractivity contribution in [2.75, 3.05) is 11.9 Å². The van der Waals surface area contributed by atoms with Gasteiger partial charge in [-0.25, -0.2) is 0 Å². The Morgan fingerprint density at radius 1 is 1.11 bits per heavy atom. The second kappa shape index (κ2) is 11.4. The van der Waals surface area contributed by atoms with Crippen LogP contribution in [0, 0.1) is 6.92 Å². The van der Waals surface area contributed by atoms with E-state index in [0.29, 0.717) is 6.54 Å². The number of hydrogen-bond donors (Lipinski definition) is 1. The highest BCUT2D eigenvalue weighted by molar-refractivity contribution is 5.55. The number of aryl methyl sites for hydroxylation is 2. The van der Waals surface area contributed by atoms with Crippen LogP contribution < -0.4 is 5.32 Å². The van der Waals surface area contributed by atoms with E-state index in [9.17, 15) is 0 Å². The van der Waals surface area contributed by atoms with Crippen LogP contribution in [0.2, 0.25) is 0 Å². The smallest absolute Gasteiger partial charge is 0.123 e. The monoisotopic (exact) mass is 380 g/mol. The predicted molar refractivity (Wildman–Crippen MR) is 120 cm³/mol. The first kappa shape index (κ1) is 21.9. The van der Waals surface area contributed by atoms with Crippen LogP contribution in [0.3, 0.4) is 0 Å². The van der Waals surface area contributed by atoms with Gasteiger partial charge in [-0.2, -0.15) is 0 Å². The molecule has 0 saturated heterocycles. The van der Waals surface area contributed by atoms with Crippen molar-refractivity contribution in [3.05, 3.63) is 78.0 Å². The lowest BCUT2D eigenvalue weighted by atomic mass is 10.0. The van der Waals surface area contributed by atoms with Gasteiger partial charge in [0.05, 0.1) is 18.6 Å². The number of nitrogens with zero attached hydrogens (tertiary/aromatic N) is 1. The van der Waals surface area contributed by atoms with Gasteiger partial charge in [0.2, 0.25) is 0 Å². The molecule has 1 N–H and O–H groups in total. The van der Waals surface area contributed by atoms with E-state index in [0.717, 1.165) is 49.5 Å². The standard InChI is InChI=1S/C25H36N2O/c1-6-8-11-23-13-14-25(21(4)18-23)26-22(5)27(16-15-20(3)10-7-2)19-24-12-9-17-28-24/h9,12-14,17-18,26H,3,5-8,10-11,15-16,19H2,1-2,4H3. The van der Waals surface area contributed by atoms with Gasteiger partial charge in [-0.15, -0.1) is 0 Å². The molecule has 0 aliphatic rings. The Morgan fingerprint density at radius 3 is 2.57 bits per heavy atom. The Morgan fingerprint density at radius 2 is 1.93 bits per heavy atom. The van der Waals surface area contributed by atoms with Gasteiger partial charge in [-0.05, 0) is 61.9 Å². The molecule has 3 heteroatoms. The molecule has 0 spiro atoms. The Hall–Kier alpha value is -2.42. The molecule has 28 heavy (non-hydrogen) atoms. The van der Waals surface area contributed by atoms with Gasteiger partial charge in [0.15, 0.2) is 0 Å². The minimum absolute atomic E-state index is 0.700. The van der Waals surface area contributed by atoms with Crippen LogP contribution in [0.25, 0.3) is 0 Å². The summed E-state index contributed by atoms with van der Waals surface area (Å²) in [6.07, 6.45) is 8.50. The molecule has 0 amide bonds. The number of benzene rings is 1. The van der Waals surface area contributed by atoms with Crippen LogP contribution in [-0.2, 0) is 13.0 Å². The van der Waals surface area contributed by atoms with Crippen molar-refractivity contribution in [3.8, 4) is 0 Å². The summed E-state index contributed by atoms with van der Waals surface area (Å²) in [7, 11) is 0. The lowest BCUT2D eigenvalue weighted by Gasteiger charge is -2.27. The van der Waals surface area contributed by atoms with Gasteiger partial charge in [0, 0.05) is 12.2 Å². The van der Waals surface area contributed by atoms with Crippen LogP contribution in [0.1, 0.15) is 62.8 Å². The van der Waals surface area contributed by atoms with E-state index in [1.54, 1.807) is 6.26 Å². The predicted octanol–water partition coefficient (Wildman–Crippen LogP) is 7.06. The molecule has 1 heterocycles. The zero-order valence-corrected chi connectivity index (χ0v) is 17.9. The van der Waals surface area contributed by atoms with E-state index in [4.69, 9.17) is 4.42 Å². The SMILES string of the molecule is C=C(CCC)CCN(Cc1ccco1)C(=C)Nc1ccc(CCCC)cc1C. The van der Waals surface area contributed by atoms with Gasteiger partial charge in [0.1, 0.15) is 5.76 Å². The van der Waals surface area contributed by atoms with Crippen LogP contribution in [-0.4, -0.2) is 11.4 Å². The van der Waals surface area contributed by atoms with Crippen LogP contribution >= 0.6 is 0 Å². The second-order valence-electron chi connectivity index (χ2n) is 7.58. The molecule has 3 nitrogen and oxygen atoms in total. The van der Waals surface area contributed by atoms with Gasteiger partial charge >= 0.3 is 0 Å². The van der Waals surface area contributed by atoms with Crippen molar-refractivity contribution in [1.29, 1.82) is 0 Å². The lowest BCUT2D eigenvalue weighted by Crippen LogP contribution is -2.27. The molecule has 0 bridgehead atoms. The van der Waals surface area contributed by atoms with Crippen molar-refractivity contribution in [2.45, 2.75) is 65.8 Å². The molecule has 0 fully saturated rings. The number of unbranched alkanes of at least 4 members (excludes halogenated alkanes) is 1. The van der Waals surface area contributed by atoms with Crippen molar-refractivity contribution in [1.82, 2.24) is 4.90 Å². The Labute approximate surface area is 171 Å². The highest BCUT2D eigenvalue weighted by Gasteiger charge is 2.12. The zero-order valence-electron chi connectivity index (χ0n) is 17.9. The molecule has 0 saturated carbocycles. The Balaban J connectivity index is 2.05. The summed E-state index contributed by atoms with van der Waals surface area (Å²) in [5.74, 6) is 1.83. The molecule has 2 rings (SSSR count). The normalized spacial score (nSPS) is 10.7. The largest absolute Gasteiger partial charge is 0.467 e. The zero-order chi connectivity index (χ0) is 20.4. The van der Waals surface area contributed by atoms with Crippen LogP contribution in [0.15, 0.2) is 65.6 Å². The molecule has 0 aliphatic heterocycles. The minimum Gasteiger partial charge on any atom is -0.467 e. The first-order valence-corrected chi connectivity index (χ1v) is 10.5. The highest BCUT2D eigenvalue weighted by Crippen LogP contribution is 2.22. The van der Waals surface area contributed by atoms with Crippen LogP contribution in [0.5, 0.6) is 0 Å². The number of nitrogens with one attached hydrogen (secondary N) is 1. The van der Waals surface area contributed by atoms with Gasteiger partial charge in [0.25, 0.3) is 0 Å². The average Bonchev–Trinajstić information content (AvgIpc) is 3.18. The summed E-state index contributed by atoms with van der Waals surface area (Å²) < 4.78 is 5.56. The Kier molecular flexibility index (Phi) is 8.93. The molecule has 152 valence electrons. The maximum Gasteiger partial charge on any atom is 0.123 e. The van der Waals surface area contributed by atoms with Crippen molar-refractivity contribution < 1.29 is 4.42 Å². The number of furan rings is 1. The summed E-state index contributed by atoms with van der Waals surface area (Å²) in [5, 5.41) is 3.52. The third kappa shape index (κ3) is 6.95. The Bertz CT molecular complexity index is 746. The molecule has 1 aromatic carbocycles. The van der Waals surface area contributed by atoms with Gasteiger partial charge in [-0.3, -0.25) is 0 Å². The minimum atomic E-state index is 0.700. The van der Waals surface area contributed by atoms with Crippen molar-refractivity contribution >= 4 is 5.69 Å². The summed E-state index contributed by atoms with van der Waals surface area (Å²) in [6.45, 7) is 16.7. The topological polar surface area (TPSA) is 28.4 Å². The average molecular weight is 381 g/mol. The molecular formula is C25H36N2O. The number of rotatable bonds is 13. The molecule has 0 atom stereocenters. The fraction of sp³-hybridized carbons (Fsp3) is 0.440. The molecule has 1 aromatic heterocycles. The number of hydrogen-bond acceptors (Lipinski definition) is 3. The van der Waals surface area contributed by atoms with E-state index < -0.39 is 0 Å². The van der Waals surface area contributed by atoms with Gasteiger partial charge in [-0.1, -0.05) is 57.6 Å². The van der Waals surface area contributed by atoms with Crippen molar-refractivity contribution in [2.24, 2.45) is 0 Å². The molecule has 0 radical (unpaired) electrons. The third-order valence-electron chi connectivity index (χ3n) is 5.04. The van der Waals surface area contributed by atoms with E-state index in [1.807, 2.05) is 12.1 Å². The first-order chi connectivity index (χ1) is 13.5. The van der Waals surface area contributed by atoms with E-state index in [2.05, 4.69) is 62.3 Å². The lowest BCUT2D eigenvalue weighted by molar-refractivity contribution is 0.309. The van der Waals surface area contributed by atoms with Gasteiger partial charge < -0.3 is 14.6 Å². The summed E-state index contributed by atoms with van der Waals surface area (Å²) in [5.41, 5.74) is 5.06. The molecule has 0 unspecified atom stereocenters. The maximum atomic E-state index is 5.56. The van der Waals surface area contributed by atoms with Crippen molar-refractivity contribution in [3.63, 3.8) is 0 Å². The second-order valence-corrected chi connectivity index (χ2v) is 7.58. The van der Waals surface area contributed by atoms with E-state index in [1.165, 1.54) is 29.5 Å². The maximum absolute atomic E-state index is 5.56. The summed E-state index contributed by atoms with van der Waals surface area (Å²) in [6, 6.07) is 10.6. The number of anilines is 1. The van der Waals surface area contributed by atoms with E-state index >= 15 is 0 Å². The molecular weight excluding hydrogens is 344 g/mol. The first-order valence-electron chi connectivity index (χ1n) is 10.5. The quantitative estimate of drug-likeness (QED) is 0.377. The van der Waals surface area contributed by atoms with E-state index in [-0.39, 0.29) is 0 Å². The fourth-order valence-electron chi connectivity index (χ4n) is 3.31. The highest BCUT2D eigenvalue weighted by atomic mass is 16.3.